The second-order valence-electron chi connectivity index (χ2n) is 9.66. The van der Waals surface area contributed by atoms with Crippen LogP contribution in [0, 0.1) is 5.82 Å². The first kappa shape index (κ1) is 23.9. The normalized spacial score (nSPS) is 20.7. The van der Waals surface area contributed by atoms with Gasteiger partial charge in [-0.1, -0.05) is 48.5 Å². The van der Waals surface area contributed by atoms with Crippen molar-refractivity contribution < 1.29 is 18.8 Å². The molecule has 0 N–H and O–H groups in total. The Hall–Kier alpha value is -3.87. The molecule has 0 bridgehead atoms. The number of benzene rings is 2. The van der Waals surface area contributed by atoms with Gasteiger partial charge in [0, 0.05) is 38.3 Å². The van der Waals surface area contributed by atoms with Crippen molar-refractivity contribution >= 4 is 17.7 Å². The molecule has 1 unspecified atom stereocenters. The van der Waals surface area contributed by atoms with Crippen molar-refractivity contribution in [2.45, 2.75) is 43.6 Å². The van der Waals surface area contributed by atoms with Gasteiger partial charge in [0.05, 0.1) is 12.0 Å². The van der Waals surface area contributed by atoms with Crippen LogP contribution >= 0.6 is 0 Å². The van der Waals surface area contributed by atoms with Gasteiger partial charge in [0.25, 0.3) is 0 Å². The molecule has 0 aliphatic carbocycles. The van der Waals surface area contributed by atoms with Crippen molar-refractivity contribution in [1.29, 1.82) is 0 Å². The van der Waals surface area contributed by atoms with Gasteiger partial charge in [-0.25, -0.2) is 4.39 Å². The first-order valence-electron chi connectivity index (χ1n) is 12.3. The number of imide groups is 1. The van der Waals surface area contributed by atoms with E-state index in [0.29, 0.717) is 30.1 Å². The van der Waals surface area contributed by atoms with Gasteiger partial charge in [-0.2, -0.15) is 0 Å². The predicted molar refractivity (Wildman–Crippen MR) is 132 cm³/mol. The Kier molecular flexibility index (Phi) is 6.63. The van der Waals surface area contributed by atoms with Crippen molar-refractivity contribution in [3.8, 4) is 0 Å². The molecule has 0 saturated carbocycles. The lowest BCUT2D eigenvalue weighted by molar-refractivity contribution is -0.143. The minimum absolute atomic E-state index is 0.0687. The molecule has 2 saturated heterocycles. The maximum Gasteiger partial charge on any atom is 0.241 e. The SMILES string of the molecule is O=C(CC1(c2cccc(F)c2)CC(=O)N(Cc2cccnc2)C1=O)N1CCC(c2ccccc2)CC1. The molecule has 3 heterocycles. The fraction of sp³-hybridized carbons (Fsp3) is 0.310. The van der Waals surface area contributed by atoms with Crippen molar-refractivity contribution in [1.82, 2.24) is 14.8 Å². The Balaban J connectivity index is 1.37. The van der Waals surface area contributed by atoms with E-state index in [1.54, 1.807) is 35.5 Å². The summed E-state index contributed by atoms with van der Waals surface area (Å²) in [6.07, 6.45) is 4.56. The minimum Gasteiger partial charge on any atom is -0.343 e. The second kappa shape index (κ2) is 10.0. The monoisotopic (exact) mass is 485 g/mol. The fourth-order valence-electron chi connectivity index (χ4n) is 5.44. The van der Waals surface area contributed by atoms with E-state index in [4.69, 9.17) is 0 Å². The van der Waals surface area contributed by atoms with E-state index < -0.39 is 17.1 Å². The van der Waals surface area contributed by atoms with Gasteiger partial charge in [-0.05, 0) is 53.6 Å². The number of hydrogen-bond acceptors (Lipinski definition) is 4. The summed E-state index contributed by atoms with van der Waals surface area (Å²) in [6.45, 7) is 1.23. The Morgan fingerprint density at radius 2 is 1.78 bits per heavy atom. The fourth-order valence-corrected chi connectivity index (χ4v) is 5.44. The molecule has 3 amide bonds. The van der Waals surface area contributed by atoms with Gasteiger partial charge in [0.2, 0.25) is 17.7 Å². The van der Waals surface area contributed by atoms with E-state index in [1.165, 1.54) is 28.7 Å². The number of halogens is 1. The second-order valence-corrected chi connectivity index (χ2v) is 9.66. The Labute approximate surface area is 209 Å². The van der Waals surface area contributed by atoms with Crippen molar-refractivity contribution in [2.24, 2.45) is 0 Å². The van der Waals surface area contributed by atoms with E-state index in [1.807, 2.05) is 18.2 Å². The van der Waals surface area contributed by atoms with Gasteiger partial charge in [0.15, 0.2) is 0 Å². The van der Waals surface area contributed by atoms with Crippen LogP contribution in [-0.4, -0.2) is 45.6 Å². The van der Waals surface area contributed by atoms with Gasteiger partial charge in [-0.3, -0.25) is 24.3 Å². The number of piperidine rings is 1. The Bertz CT molecular complexity index is 1260. The Morgan fingerprint density at radius 3 is 2.47 bits per heavy atom. The standard InChI is InChI=1S/C29H28FN3O3/c30-25-10-4-9-24(16-25)29(18-27(35)33(28(29)36)20-21-6-5-13-31-19-21)17-26(34)32-14-11-23(12-15-32)22-7-2-1-3-8-22/h1-10,13,16,19,23H,11-12,14-15,17-18,20H2. The molecular formula is C29H28FN3O3. The lowest BCUT2D eigenvalue weighted by atomic mass is 9.75. The maximum absolute atomic E-state index is 14.2. The highest BCUT2D eigenvalue weighted by Crippen LogP contribution is 2.41. The molecule has 0 spiro atoms. The third-order valence-corrected chi connectivity index (χ3v) is 7.42. The third kappa shape index (κ3) is 4.65. The van der Waals surface area contributed by atoms with Gasteiger partial charge in [0.1, 0.15) is 5.82 Å². The van der Waals surface area contributed by atoms with E-state index in [-0.39, 0.29) is 31.2 Å². The summed E-state index contributed by atoms with van der Waals surface area (Å²) in [5.74, 6) is -1.14. The van der Waals surface area contributed by atoms with Crippen molar-refractivity contribution in [3.63, 3.8) is 0 Å². The summed E-state index contributed by atoms with van der Waals surface area (Å²) < 4.78 is 14.2. The number of pyridine rings is 1. The van der Waals surface area contributed by atoms with E-state index in [2.05, 4.69) is 17.1 Å². The van der Waals surface area contributed by atoms with Crippen LogP contribution in [-0.2, 0) is 26.3 Å². The average molecular weight is 486 g/mol. The zero-order valence-electron chi connectivity index (χ0n) is 20.0. The topological polar surface area (TPSA) is 70.6 Å². The highest BCUT2D eigenvalue weighted by molar-refractivity contribution is 6.10. The number of nitrogens with zero attached hydrogens (tertiary/aromatic N) is 3. The summed E-state index contributed by atoms with van der Waals surface area (Å²) in [7, 11) is 0. The lowest BCUT2D eigenvalue weighted by Crippen LogP contribution is -2.45. The van der Waals surface area contributed by atoms with Crippen LogP contribution in [0.3, 0.4) is 0 Å². The number of rotatable bonds is 6. The molecule has 2 aromatic carbocycles. The van der Waals surface area contributed by atoms with Gasteiger partial charge in [-0.15, -0.1) is 0 Å². The molecule has 7 heteroatoms. The average Bonchev–Trinajstić information content (AvgIpc) is 3.15. The van der Waals surface area contributed by atoms with E-state index in [0.717, 1.165) is 12.8 Å². The summed E-state index contributed by atoms with van der Waals surface area (Å²) in [5.41, 5.74) is 0.920. The van der Waals surface area contributed by atoms with Crippen molar-refractivity contribution in [2.75, 3.05) is 13.1 Å². The van der Waals surface area contributed by atoms with E-state index in [9.17, 15) is 18.8 Å². The quantitative estimate of drug-likeness (QED) is 0.491. The molecule has 6 nitrogen and oxygen atoms in total. The molecule has 36 heavy (non-hydrogen) atoms. The molecule has 2 aliphatic heterocycles. The zero-order valence-corrected chi connectivity index (χ0v) is 20.0. The largest absolute Gasteiger partial charge is 0.343 e. The van der Waals surface area contributed by atoms with Gasteiger partial charge >= 0.3 is 0 Å². The predicted octanol–water partition coefficient (Wildman–Crippen LogP) is 4.21. The van der Waals surface area contributed by atoms with Crippen LogP contribution in [0.25, 0.3) is 0 Å². The molecule has 5 rings (SSSR count). The lowest BCUT2D eigenvalue weighted by Gasteiger charge is -2.35. The summed E-state index contributed by atoms with van der Waals surface area (Å²) >= 11 is 0. The number of amides is 3. The molecule has 2 fully saturated rings. The molecule has 0 radical (unpaired) electrons. The first-order valence-corrected chi connectivity index (χ1v) is 12.3. The van der Waals surface area contributed by atoms with Crippen LogP contribution < -0.4 is 0 Å². The van der Waals surface area contributed by atoms with Crippen LogP contribution in [0.1, 0.15) is 48.3 Å². The number of hydrogen-bond donors (Lipinski definition) is 0. The molecule has 1 aromatic heterocycles. The summed E-state index contributed by atoms with van der Waals surface area (Å²) in [6, 6.07) is 19.5. The van der Waals surface area contributed by atoms with Crippen LogP contribution in [0.2, 0.25) is 0 Å². The van der Waals surface area contributed by atoms with Gasteiger partial charge < -0.3 is 4.90 Å². The maximum atomic E-state index is 14.2. The molecule has 2 aliphatic rings. The highest BCUT2D eigenvalue weighted by atomic mass is 19.1. The molecule has 1 atom stereocenters. The number of likely N-dealkylation sites (tertiary alicyclic amines) is 2. The smallest absolute Gasteiger partial charge is 0.241 e. The first-order chi connectivity index (χ1) is 17.5. The summed E-state index contributed by atoms with van der Waals surface area (Å²) in [5, 5.41) is 0. The van der Waals surface area contributed by atoms with Crippen LogP contribution in [0.15, 0.2) is 79.1 Å². The zero-order chi connectivity index (χ0) is 25.1. The third-order valence-electron chi connectivity index (χ3n) is 7.42. The van der Waals surface area contributed by atoms with E-state index >= 15 is 0 Å². The molecule has 184 valence electrons. The highest BCUT2D eigenvalue weighted by Gasteiger charge is 2.54. The van der Waals surface area contributed by atoms with Crippen molar-refractivity contribution in [3.05, 3.63) is 102 Å². The molecular weight excluding hydrogens is 457 g/mol. The Morgan fingerprint density at radius 1 is 1.00 bits per heavy atom. The number of aromatic nitrogens is 1. The van der Waals surface area contributed by atoms with Crippen LogP contribution in [0.5, 0.6) is 0 Å². The van der Waals surface area contributed by atoms with Crippen LogP contribution in [0.4, 0.5) is 4.39 Å². The molecule has 3 aromatic rings. The summed E-state index contributed by atoms with van der Waals surface area (Å²) in [4.78, 5) is 47.4. The number of carbonyl (C=O) groups excluding carboxylic acids is 3. The minimum atomic E-state index is -1.42. The number of carbonyl (C=O) groups is 3.